The summed E-state index contributed by atoms with van der Waals surface area (Å²) in [7, 11) is 0. The summed E-state index contributed by atoms with van der Waals surface area (Å²) >= 11 is 0. The van der Waals surface area contributed by atoms with Gasteiger partial charge in [0.2, 0.25) is 5.91 Å². The van der Waals surface area contributed by atoms with E-state index >= 15 is 8.78 Å². The van der Waals surface area contributed by atoms with Gasteiger partial charge in [-0.15, -0.1) is 0 Å². The first kappa shape index (κ1) is 26.4. The molecule has 1 aliphatic heterocycles. The van der Waals surface area contributed by atoms with Gasteiger partial charge >= 0.3 is 0 Å². The molecule has 40 heavy (non-hydrogen) atoms. The molecule has 1 amide bonds. The molecule has 1 N–H and O–H groups in total. The van der Waals surface area contributed by atoms with Crippen LogP contribution in [0.4, 0.5) is 8.78 Å². The van der Waals surface area contributed by atoms with E-state index in [1.807, 2.05) is 34.9 Å². The Bertz CT molecular complexity index is 1560. The summed E-state index contributed by atoms with van der Waals surface area (Å²) in [5.74, 6) is -5.20. The lowest BCUT2D eigenvalue weighted by molar-refractivity contribution is -0.150. The number of carbonyl (C=O) groups is 1. The van der Waals surface area contributed by atoms with Gasteiger partial charge in [0.1, 0.15) is 6.33 Å². The molecule has 208 valence electrons. The topological polar surface area (TPSA) is 80.4 Å². The van der Waals surface area contributed by atoms with Gasteiger partial charge in [0.05, 0.1) is 29.4 Å². The smallest absolute Gasteiger partial charge is 0.262 e. The molecule has 2 aliphatic rings. The number of fused-ring (bicyclic) bond motifs is 1. The summed E-state index contributed by atoms with van der Waals surface area (Å²) in [4.78, 5) is 32.9. The van der Waals surface area contributed by atoms with Crippen molar-refractivity contribution in [3.63, 3.8) is 0 Å². The number of halogens is 2. The van der Waals surface area contributed by atoms with Crippen LogP contribution in [0.2, 0.25) is 0 Å². The minimum absolute atomic E-state index is 0.0431. The number of alkyl halides is 2. The average molecular weight is 547 g/mol. The summed E-state index contributed by atoms with van der Waals surface area (Å²) < 4.78 is 33.5. The van der Waals surface area contributed by atoms with Crippen LogP contribution in [-0.4, -0.2) is 54.6 Å². The molecule has 3 heterocycles. The Morgan fingerprint density at radius 2 is 1.65 bits per heavy atom. The summed E-state index contributed by atoms with van der Waals surface area (Å²) in [6.07, 6.45) is 4.23. The van der Waals surface area contributed by atoms with Gasteiger partial charge in [-0.3, -0.25) is 14.2 Å². The van der Waals surface area contributed by atoms with Crippen molar-refractivity contribution < 1.29 is 18.7 Å². The summed E-state index contributed by atoms with van der Waals surface area (Å²) in [5, 5.41) is 11.8. The maximum atomic E-state index is 15.1. The highest BCUT2D eigenvalue weighted by Crippen LogP contribution is 2.49. The Hall–Kier alpha value is -3.85. The number of aliphatic hydroxyl groups is 1. The maximum Gasteiger partial charge on any atom is 0.262 e. The number of nitrogens with zero attached hydrogens (tertiary/aromatic N) is 4. The molecule has 0 spiro atoms. The normalized spacial score (nSPS) is 22.3. The Kier molecular flexibility index (Phi) is 6.78. The van der Waals surface area contributed by atoms with E-state index in [2.05, 4.69) is 4.98 Å². The molecule has 2 aromatic heterocycles. The Morgan fingerprint density at radius 3 is 2.35 bits per heavy atom. The zero-order chi connectivity index (χ0) is 27.9. The van der Waals surface area contributed by atoms with Gasteiger partial charge < -0.3 is 14.6 Å². The van der Waals surface area contributed by atoms with Crippen molar-refractivity contribution in [3.05, 3.63) is 95.2 Å². The second-order valence-electron chi connectivity index (χ2n) is 11.1. The molecule has 2 aromatic carbocycles. The van der Waals surface area contributed by atoms with Crippen LogP contribution >= 0.6 is 0 Å². The van der Waals surface area contributed by atoms with E-state index in [1.54, 1.807) is 47.5 Å². The predicted octanol–water partition coefficient (Wildman–Crippen LogP) is 4.76. The largest absolute Gasteiger partial charge is 0.388 e. The van der Waals surface area contributed by atoms with E-state index in [9.17, 15) is 14.7 Å². The number of amides is 1. The number of piperidine rings is 1. The van der Waals surface area contributed by atoms with Crippen LogP contribution in [0.25, 0.3) is 16.7 Å². The van der Waals surface area contributed by atoms with Gasteiger partial charge in [0, 0.05) is 31.4 Å². The van der Waals surface area contributed by atoms with Gasteiger partial charge in [0.15, 0.2) is 5.65 Å². The van der Waals surface area contributed by atoms with E-state index in [0.29, 0.717) is 29.4 Å². The fraction of sp³-hybridized carbons (Fsp3) is 0.387. The number of hydrogen-bond donors (Lipinski definition) is 1. The quantitative estimate of drug-likeness (QED) is 0.392. The minimum Gasteiger partial charge on any atom is -0.388 e. The van der Waals surface area contributed by atoms with E-state index in [4.69, 9.17) is 0 Å². The summed E-state index contributed by atoms with van der Waals surface area (Å²) in [5.41, 5.74) is 0.456. The van der Waals surface area contributed by atoms with Crippen LogP contribution in [0.3, 0.4) is 0 Å². The lowest BCUT2D eigenvalue weighted by Crippen LogP contribution is -2.52. The van der Waals surface area contributed by atoms with Gasteiger partial charge in [-0.25, -0.2) is 13.8 Å². The van der Waals surface area contributed by atoms with Crippen molar-refractivity contribution in [2.45, 2.75) is 56.1 Å². The number of benzene rings is 2. The van der Waals surface area contributed by atoms with Gasteiger partial charge in [0.25, 0.3) is 11.5 Å². The minimum atomic E-state index is -2.96. The first-order valence-electron chi connectivity index (χ1n) is 13.8. The van der Waals surface area contributed by atoms with Gasteiger partial charge in [-0.1, -0.05) is 48.5 Å². The molecule has 9 heteroatoms. The van der Waals surface area contributed by atoms with Crippen LogP contribution in [0.5, 0.6) is 0 Å². The van der Waals surface area contributed by atoms with E-state index in [-0.39, 0.29) is 50.4 Å². The van der Waals surface area contributed by atoms with E-state index in [1.165, 1.54) is 10.9 Å². The molecule has 1 saturated heterocycles. The third-order valence-corrected chi connectivity index (χ3v) is 8.53. The second kappa shape index (κ2) is 10.3. The number of para-hydroxylation sites is 1. The SMILES string of the molecule is O=C([C@H]1CCCC(F)(F)[C@@H]1c1ccccc1)N1CCC(O)(Cn2cnc3c(ccn3-c3ccccc3)c2=O)CC1. The third-order valence-electron chi connectivity index (χ3n) is 8.53. The van der Waals surface area contributed by atoms with E-state index < -0.39 is 23.4 Å². The molecular weight excluding hydrogens is 514 g/mol. The molecule has 0 bridgehead atoms. The van der Waals surface area contributed by atoms with Crippen molar-refractivity contribution >= 4 is 16.9 Å². The highest BCUT2D eigenvalue weighted by molar-refractivity contribution is 5.80. The molecule has 2 fully saturated rings. The molecule has 4 aromatic rings. The number of hydrogen-bond acceptors (Lipinski definition) is 4. The highest BCUT2D eigenvalue weighted by Gasteiger charge is 2.51. The Morgan fingerprint density at radius 1 is 0.975 bits per heavy atom. The Labute approximate surface area is 230 Å². The van der Waals surface area contributed by atoms with Crippen molar-refractivity contribution in [2.24, 2.45) is 5.92 Å². The van der Waals surface area contributed by atoms with Crippen LogP contribution in [0, 0.1) is 5.92 Å². The molecule has 2 atom stereocenters. The standard InChI is InChI=1S/C31H32F2N4O3/c32-31(33)14-7-12-24(26(31)22-8-3-1-4-9-22)28(38)35-18-15-30(40,16-19-35)20-36-21-34-27-25(29(36)39)13-17-37(27)23-10-5-2-6-11-23/h1-6,8-11,13,17,21,24,26,40H,7,12,14-16,18-20H2/t24-,26+/m0/s1. The molecule has 0 unspecified atom stereocenters. The van der Waals surface area contributed by atoms with Crippen molar-refractivity contribution in [1.29, 1.82) is 0 Å². The Balaban J connectivity index is 1.16. The van der Waals surface area contributed by atoms with Gasteiger partial charge in [-0.05, 0) is 49.4 Å². The molecular formula is C31H32F2N4O3. The first-order valence-corrected chi connectivity index (χ1v) is 13.8. The van der Waals surface area contributed by atoms with Crippen LogP contribution < -0.4 is 5.56 Å². The third kappa shape index (κ3) is 4.83. The van der Waals surface area contributed by atoms with Crippen LogP contribution in [0.15, 0.2) is 84.0 Å². The first-order chi connectivity index (χ1) is 19.3. The monoisotopic (exact) mass is 546 g/mol. The molecule has 0 radical (unpaired) electrons. The highest BCUT2D eigenvalue weighted by atomic mass is 19.3. The van der Waals surface area contributed by atoms with Crippen molar-refractivity contribution in [3.8, 4) is 5.69 Å². The molecule has 1 aliphatic carbocycles. The lowest BCUT2D eigenvalue weighted by atomic mass is 9.72. The fourth-order valence-corrected chi connectivity index (χ4v) is 6.39. The number of rotatable bonds is 5. The average Bonchev–Trinajstić information content (AvgIpc) is 3.40. The maximum absolute atomic E-state index is 15.1. The van der Waals surface area contributed by atoms with Crippen LogP contribution in [-0.2, 0) is 11.3 Å². The number of likely N-dealkylation sites (tertiary alicyclic amines) is 1. The summed E-state index contributed by atoms with van der Waals surface area (Å²) in [6.45, 7) is 0.531. The predicted molar refractivity (Wildman–Crippen MR) is 148 cm³/mol. The number of aromatic nitrogens is 3. The molecule has 6 rings (SSSR count). The van der Waals surface area contributed by atoms with Gasteiger partial charge in [-0.2, -0.15) is 0 Å². The van der Waals surface area contributed by atoms with Crippen molar-refractivity contribution in [1.82, 2.24) is 19.0 Å². The van der Waals surface area contributed by atoms with Crippen LogP contribution in [0.1, 0.15) is 43.6 Å². The number of carbonyl (C=O) groups excluding carboxylic acids is 1. The van der Waals surface area contributed by atoms with Crippen molar-refractivity contribution in [2.75, 3.05) is 13.1 Å². The van der Waals surface area contributed by atoms with E-state index in [0.717, 1.165) is 5.69 Å². The fourth-order valence-electron chi connectivity index (χ4n) is 6.39. The zero-order valence-electron chi connectivity index (χ0n) is 22.1. The zero-order valence-corrected chi connectivity index (χ0v) is 22.1. The molecule has 7 nitrogen and oxygen atoms in total. The summed E-state index contributed by atoms with van der Waals surface area (Å²) in [6, 6.07) is 19.9. The lowest BCUT2D eigenvalue weighted by Gasteiger charge is -2.43. The molecule has 1 saturated carbocycles. The second-order valence-corrected chi connectivity index (χ2v) is 11.1.